The molecule has 6 heteroatoms. The van der Waals surface area contributed by atoms with Crippen LogP contribution >= 0.6 is 11.6 Å². The van der Waals surface area contributed by atoms with Crippen molar-refractivity contribution in [3.8, 4) is 5.75 Å². The Morgan fingerprint density at radius 1 is 1.55 bits per heavy atom. The van der Waals surface area contributed by atoms with Gasteiger partial charge in [0.1, 0.15) is 11.6 Å². The number of rotatable bonds is 7. The van der Waals surface area contributed by atoms with Crippen LogP contribution in [0.5, 0.6) is 5.75 Å². The number of halogens is 2. The maximum atomic E-state index is 12.8. The molecule has 1 fully saturated rings. The number of nitrogens with two attached hydrogens (primary N) is 1. The van der Waals surface area contributed by atoms with Gasteiger partial charge in [0.25, 0.3) is 0 Å². The summed E-state index contributed by atoms with van der Waals surface area (Å²) in [5.74, 6) is 0.397. The normalized spacial score (nSPS) is 15.8. The lowest BCUT2D eigenvalue weighted by Gasteiger charge is -2.12. The number of carbonyl (C=O) groups is 1. The smallest absolute Gasteiger partial charge is 0.223 e. The molecule has 1 aliphatic rings. The Balaban J connectivity index is 1.65. The number of amides is 1. The van der Waals surface area contributed by atoms with Crippen LogP contribution in [0.3, 0.4) is 0 Å². The Kier molecular flexibility index (Phi) is 5.20. The van der Waals surface area contributed by atoms with Gasteiger partial charge in [-0.25, -0.2) is 4.39 Å². The van der Waals surface area contributed by atoms with Crippen LogP contribution in [0.2, 0.25) is 5.02 Å². The fourth-order valence-corrected chi connectivity index (χ4v) is 2.08. The van der Waals surface area contributed by atoms with E-state index in [1.54, 1.807) is 0 Å². The Labute approximate surface area is 122 Å². The molecule has 1 unspecified atom stereocenters. The summed E-state index contributed by atoms with van der Waals surface area (Å²) in [6.07, 6.45) is 2.53. The van der Waals surface area contributed by atoms with Gasteiger partial charge in [0.2, 0.25) is 5.91 Å². The molecule has 20 heavy (non-hydrogen) atoms. The zero-order valence-corrected chi connectivity index (χ0v) is 11.8. The molecule has 1 saturated carbocycles. The molecule has 0 aromatic heterocycles. The molecule has 1 aliphatic carbocycles. The number of carbonyl (C=O) groups excluding carboxylic acids is 1. The van der Waals surface area contributed by atoms with Crippen LogP contribution in [-0.4, -0.2) is 25.1 Å². The zero-order chi connectivity index (χ0) is 14.5. The van der Waals surface area contributed by atoms with Crippen LogP contribution in [0.1, 0.15) is 19.3 Å². The summed E-state index contributed by atoms with van der Waals surface area (Å²) in [5, 5.41) is 2.97. The van der Waals surface area contributed by atoms with Gasteiger partial charge >= 0.3 is 0 Å². The van der Waals surface area contributed by atoms with E-state index in [2.05, 4.69) is 5.32 Å². The van der Waals surface area contributed by atoms with E-state index in [0.717, 1.165) is 12.8 Å². The second-order valence-corrected chi connectivity index (χ2v) is 5.39. The highest BCUT2D eigenvalue weighted by Gasteiger charge is 2.28. The first kappa shape index (κ1) is 15.1. The van der Waals surface area contributed by atoms with Gasteiger partial charge in [0, 0.05) is 12.6 Å². The highest BCUT2D eigenvalue weighted by molar-refractivity contribution is 6.32. The van der Waals surface area contributed by atoms with E-state index in [1.807, 2.05) is 0 Å². The summed E-state index contributed by atoms with van der Waals surface area (Å²) >= 11 is 5.81. The minimum atomic E-state index is -0.422. The fraction of sp³-hybridized carbons (Fsp3) is 0.500. The minimum Gasteiger partial charge on any atom is -0.491 e. The molecule has 0 spiro atoms. The molecule has 2 rings (SSSR count). The fourth-order valence-electron chi connectivity index (χ4n) is 1.86. The molecule has 1 aromatic carbocycles. The number of hydrogen-bond acceptors (Lipinski definition) is 3. The van der Waals surface area contributed by atoms with Crippen molar-refractivity contribution in [2.45, 2.75) is 25.3 Å². The average Bonchev–Trinajstić information content (AvgIpc) is 3.23. The molecule has 4 nitrogen and oxygen atoms in total. The predicted octanol–water partition coefficient (Wildman–Crippen LogP) is 2.10. The molecule has 3 N–H and O–H groups in total. The maximum absolute atomic E-state index is 12.8. The van der Waals surface area contributed by atoms with Crippen molar-refractivity contribution < 1.29 is 13.9 Å². The zero-order valence-electron chi connectivity index (χ0n) is 11.1. The molecule has 1 atom stereocenters. The third kappa shape index (κ3) is 4.65. The largest absolute Gasteiger partial charge is 0.491 e. The third-order valence-electron chi connectivity index (χ3n) is 3.24. The van der Waals surface area contributed by atoms with Crippen LogP contribution in [0.15, 0.2) is 18.2 Å². The highest BCUT2D eigenvalue weighted by atomic mass is 35.5. The summed E-state index contributed by atoms with van der Waals surface area (Å²) in [6, 6.07) is 3.92. The third-order valence-corrected chi connectivity index (χ3v) is 3.54. The lowest BCUT2D eigenvalue weighted by atomic mass is 10.2. The van der Waals surface area contributed by atoms with Crippen molar-refractivity contribution in [2.75, 3.05) is 13.2 Å². The van der Waals surface area contributed by atoms with Gasteiger partial charge in [-0.2, -0.15) is 0 Å². The molecule has 0 saturated heterocycles. The molecule has 0 bridgehead atoms. The van der Waals surface area contributed by atoms with Gasteiger partial charge in [-0.3, -0.25) is 4.79 Å². The summed E-state index contributed by atoms with van der Waals surface area (Å²) in [7, 11) is 0. The van der Waals surface area contributed by atoms with Crippen LogP contribution in [0.4, 0.5) is 4.39 Å². The van der Waals surface area contributed by atoms with Crippen LogP contribution < -0.4 is 15.8 Å². The summed E-state index contributed by atoms with van der Waals surface area (Å²) < 4.78 is 18.2. The van der Waals surface area contributed by atoms with Crippen LogP contribution in [0, 0.1) is 11.7 Å². The number of nitrogens with one attached hydrogen (secondary N) is 1. The summed E-state index contributed by atoms with van der Waals surface area (Å²) in [4.78, 5) is 11.6. The lowest BCUT2D eigenvalue weighted by Crippen LogP contribution is -2.38. The molecule has 110 valence electrons. The van der Waals surface area contributed by atoms with Crippen molar-refractivity contribution in [1.29, 1.82) is 0 Å². The number of benzene rings is 1. The molecule has 0 radical (unpaired) electrons. The van der Waals surface area contributed by atoms with Gasteiger partial charge in [0.05, 0.1) is 18.1 Å². The van der Waals surface area contributed by atoms with Crippen LogP contribution in [0.25, 0.3) is 0 Å². The Morgan fingerprint density at radius 2 is 2.30 bits per heavy atom. The minimum absolute atomic E-state index is 0.0476. The first-order valence-electron chi connectivity index (χ1n) is 6.66. The Bertz CT molecular complexity index is 480. The van der Waals surface area contributed by atoms with E-state index in [0.29, 0.717) is 18.2 Å². The first-order chi connectivity index (χ1) is 9.56. The second kappa shape index (κ2) is 6.90. The van der Waals surface area contributed by atoms with Crippen molar-refractivity contribution in [3.05, 3.63) is 29.0 Å². The molecule has 1 aromatic rings. The van der Waals surface area contributed by atoms with Gasteiger partial charge in [-0.05, 0) is 37.0 Å². The van der Waals surface area contributed by atoms with Crippen molar-refractivity contribution >= 4 is 17.5 Å². The maximum Gasteiger partial charge on any atom is 0.223 e. The second-order valence-electron chi connectivity index (χ2n) is 4.98. The summed E-state index contributed by atoms with van der Waals surface area (Å²) in [5.41, 5.74) is 5.88. The first-order valence-corrected chi connectivity index (χ1v) is 7.04. The number of ether oxygens (including phenoxy) is 1. The molecular weight excluding hydrogens is 283 g/mol. The number of hydrogen-bond donors (Lipinski definition) is 2. The standard InChI is InChI=1S/C14H18ClFN2O2/c15-11-7-10(16)3-4-13(11)20-6-5-14(19)18-8-12(17)9-1-2-9/h3-4,7,9,12H,1-2,5-6,8,17H2,(H,18,19). The SMILES string of the molecule is NC(CNC(=O)CCOc1ccc(F)cc1Cl)C1CC1. The Hall–Kier alpha value is -1.33. The van der Waals surface area contributed by atoms with Crippen molar-refractivity contribution in [1.82, 2.24) is 5.32 Å². The molecule has 0 aliphatic heterocycles. The molecule has 0 heterocycles. The predicted molar refractivity (Wildman–Crippen MR) is 75.2 cm³/mol. The van der Waals surface area contributed by atoms with E-state index in [4.69, 9.17) is 22.1 Å². The van der Waals surface area contributed by atoms with Crippen molar-refractivity contribution in [2.24, 2.45) is 11.7 Å². The monoisotopic (exact) mass is 300 g/mol. The lowest BCUT2D eigenvalue weighted by molar-refractivity contribution is -0.121. The van der Waals surface area contributed by atoms with Gasteiger partial charge in [0.15, 0.2) is 0 Å². The van der Waals surface area contributed by atoms with Crippen molar-refractivity contribution in [3.63, 3.8) is 0 Å². The highest BCUT2D eigenvalue weighted by Crippen LogP contribution is 2.31. The van der Waals surface area contributed by atoms with E-state index < -0.39 is 5.82 Å². The average molecular weight is 301 g/mol. The van der Waals surface area contributed by atoms with E-state index >= 15 is 0 Å². The topological polar surface area (TPSA) is 64.3 Å². The van der Waals surface area contributed by atoms with Gasteiger partial charge < -0.3 is 15.8 Å². The summed E-state index contributed by atoms with van der Waals surface area (Å²) in [6.45, 7) is 0.691. The van der Waals surface area contributed by atoms with Gasteiger partial charge in [-0.15, -0.1) is 0 Å². The Morgan fingerprint density at radius 3 is 2.95 bits per heavy atom. The van der Waals surface area contributed by atoms with E-state index in [9.17, 15) is 9.18 Å². The molecular formula is C14H18ClFN2O2. The van der Waals surface area contributed by atoms with E-state index in [1.165, 1.54) is 18.2 Å². The quantitative estimate of drug-likeness (QED) is 0.810. The van der Waals surface area contributed by atoms with E-state index in [-0.39, 0.29) is 30.0 Å². The molecule has 1 amide bonds. The van der Waals surface area contributed by atoms with Gasteiger partial charge in [-0.1, -0.05) is 11.6 Å². The van der Waals surface area contributed by atoms with Crippen LogP contribution in [-0.2, 0) is 4.79 Å².